The molecule has 1 aliphatic rings. The van der Waals surface area contributed by atoms with Crippen LogP contribution in [0.2, 0.25) is 0 Å². The number of likely N-dealkylation sites (tertiary alicyclic amines) is 1. The molecule has 1 aliphatic heterocycles. The van der Waals surface area contributed by atoms with Gasteiger partial charge in [-0.25, -0.2) is 0 Å². The number of rotatable bonds is 4. The van der Waals surface area contributed by atoms with E-state index in [0.29, 0.717) is 6.04 Å². The zero-order valence-corrected chi connectivity index (χ0v) is 9.87. The minimum absolute atomic E-state index is 0.00773. The standard InChI is InChI=1S/C11H21N3O2/c1-2-9-5-3-4-6-14(9)11(16)8-13-10(15)7-12/h9H,2-8,12H2,1H3,(H,13,15). The Hall–Kier alpha value is -1.10. The van der Waals surface area contributed by atoms with Gasteiger partial charge in [-0.05, 0) is 25.7 Å². The third-order valence-electron chi connectivity index (χ3n) is 3.04. The summed E-state index contributed by atoms with van der Waals surface area (Å²) in [5.74, 6) is -0.272. The van der Waals surface area contributed by atoms with E-state index in [1.165, 1.54) is 6.42 Å². The number of carbonyl (C=O) groups is 2. The van der Waals surface area contributed by atoms with Crippen LogP contribution in [0.5, 0.6) is 0 Å². The molecule has 5 nitrogen and oxygen atoms in total. The summed E-state index contributed by atoms with van der Waals surface area (Å²) < 4.78 is 0. The maximum absolute atomic E-state index is 11.9. The lowest BCUT2D eigenvalue weighted by atomic mass is 10.00. The molecule has 0 radical (unpaired) electrons. The van der Waals surface area contributed by atoms with Crippen LogP contribution < -0.4 is 11.1 Å². The van der Waals surface area contributed by atoms with E-state index in [2.05, 4.69) is 12.2 Å². The average Bonchev–Trinajstić information content (AvgIpc) is 2.35. The number of carbonyl (C=O) groups excluding carboxylic acids is 2. The summed E-state index contributed by atoms with van der Waals surface area (Å²) in [5.41, 5.74) is 5.15. The van der Waals surface area contributed by atoms with Crippen LogP contribution in [0.3, 0.4) is 0 Å². The molecule has 16 heavy (non-hydrogen) atoms. The molecule has 0 saturated carbocycles. The number of amides is 2. The molecular formula is C11H21N3O2. The number of hydrogen-bond donors (Lipinski definition) is 2. The maximum Gasteiger partial charge on any atom is 0.242 e. The summed E-state index contributed by atoms with van der Waals surface area (Å²) in [5, 5.41) is 2.52. The van der Waals surface area contributed by atoms with Crippen molar-refractivity contribution in [1.29, 1.82) is 0 Å². The summed E-state index contributed by atoms with van der Waals surface area (Å²) in [7, 11) is 0. The normalized spacial score (nSPS) is 20.6. The molecule has 5 heteroatoms. The Morgan fingerprint density at radius 1 is 1.44 bits per heavy atom. The third kappa shape index (κ3) is 3.48. The third-order valence-corrected chi connectivity index (χ3v) is 3.04. The molecule has 0 bridgehead atoms. The molecule has 0 aliphatic carbocycles. The second-order valence-corrected chi connectivity index (χ2v) is 4.13. The summed E-state index contributed by atoms with van der Waals surface area (Å²) in [4.78, 5) is 24.7. The molecule has 2 amide bonds. The van der Waals surface area contributed by atoms with Crippen LogP contribution in [0.15, 0.2) is 0 Å². The lowest BCUT2D eigenvalue weighted by Gasteiger charge is -2.35. The zero-order valence-electron chi connectivity index (χ0n) is 9.87. The Morgan fingerprint density at radius 3 is 2.81 bits per heavy atom. The van der Waals surface area contributed by atoms with Gasteiger partial charge in [-0.1, -0.05) is 6.92 Å². The van der Waals surface area contributed by atoms with Crippen molar-refractivity contribution in [2.24, 2.45) is 5.73 Å². The highest BCUT2D eigenvalue weighted by Crippen LogP contribution is 2.19. The molecule has 1 heterocycles. The number of piperidine rings is 1. The summed E-state index contributed by atoms with van der Waals surface area (Å²) in [6.07, 6.45) is 4.31. The molecule has 1 fully saturated rings. The predicted molar refractivity (Wildman–Crippen MR) is 61.7 cm³/mol. The van der Waals surface area contributed by atoms with Crippen molar-refractivity contribution < 1.29 is 9.59 Å². The number of nitrogens with zero attached hydrogens (tertiary/aromatic N) is 1. The quantitative estimate of drug-likeness (QED) is 0.701. The van der Waals surface area contributed by atoms with Crippen molar-refractivity contribution >= 4 is 11.8 Å². The zero-order chi connectivity index (χ0) is 12.0. The van der Waals surface area contributed by atoms with Crippen LogP contribution in [-0.2, 0) is 9.59 Å². The average molecular weight is 227 g/mol. The fourth-order valence-electron chi connectivity index (χ4n) is 2.10. The van der Waals surface area contributed by atoms with E-state index in [9.17, 15) is 9.59 Å². The van der Waals surface area contributed by atoms with E-state index in [1.54, 1.807) is 0 Å². The van der Waals surface area contributed by atoms with Crippen LogP contribution >= 0.6 is 0 Å². The molecule has 0 aromatic heterocycles. The smallest absolute Gasteiger partial charge is 0.242 e. The van der Waals surface area contributed by atoms with E-state index in [4.69, 9.17) is 5.73 Å². The SMILES string of the molecule is CCC1CCCCN1C(=O)CNC(=O)CN. The largest absolute Gasteiger partial charge is 0.346 e. The van der Waals surface area contributed by atoms with E-state index in [-0.39, 0.29) is 24.9 Å². The fourth-order valence-corrected chi connectivity index (χ4v) is 2.10. The van der Waals surface area contributed by atoms with Gasteiger partial charge in [0.1, 0.15) is 0 Å². The first kappa shape index (κ1) is 13.0. The first-order chi connectivity index (χ1) is 7.69. The molecule has 92 valence electrons. The molecule has 1 rings (SSSR count). The number of nitrogens with two attached hydrogens (primary N) is 1. The monoisotopic (exact) mass is 227 g/mol. The molecular weight excluding hydrogens is 206 g/mol. The Balaban J connectivity index is 2.41. The Labute approximate surface area is 96.4 Å². The van der Waals surface area contributed by atoms with Gasteiger partial charge in [-0.15, -0.1) is 0 Å². The van der Waals surface area contributed by atoms with Gasteiger partial charge in [-0.3, -0.25) is 9.59 Å². The molecule has 0 aromatic rings. The summed E-state index contributed by atoms with van der Waals surface area (Å²) >= 11 is 0. The highest BCUT2D eigenvalue weighted by Gasteiger charge is 2.24. The van der Waals surface area contributed by atoms with Crippen LogP contribution in [0.25, 0.3) is 0 Å². The van der Waals surface area contributed by atoms with Crippen LogP contribution in [0, 0.1) is 0 Å². The second kappa shape index (κ2) is 6.48. The first-order valence-corrected chi connectivity index (χ1v) is 5.95. The van der Waals surface area contributed by atoms with E-state index in [1.807, 2.05) is 4.90 Å². The predicted octanol–water partition coefficient (Wildman–Crippen LogP) is -0.148. The van der Waals surface area contributed by atoms with Crippen molar-refractivity contribution in [1.82, 2.24) is 10.2 Å². The van der Waals surface area contributed by atoms with E-state index < -0.39 is 0 Å². The Bertz CT molecular complexity index is 256. The van der Waals surface area contributed by atoms with Gasteiger partial charge in [0.05, 0.1) is 13.1 Å². The summed E-state index contributed by atoms with van der Waals surface area (Å²) in [6.45, 7) is 2.92. The van der Waals surface area contributed by atoms with Gasteiger partial charge in [0.25, 0.3) is 0 Å². The van der Waals surface area contributed by atoms with Gasteiger partial charge < -0.3 is 16.0 Å². The minimum atomic E-state index is -0.279. The van der Waals surface area contributed by atoms with Crippen molar-refractivity contribution in [3.05, 3.63) is 0 Å². The second-order valence-electron chi connectivity index (χ2n) is 4.13. The number of nitrogens with one attached hydrogen (secondary N) is 1. The van der Waals surface area contributed by atoms with Crippen LogP contribution in [-0.4, -0.2) is 42.4 Å². The van der Waals surface area contributed by atoms with Crippen molar-refractivity contribution in [2.45, 2.75) is 38.6 Å². The molecule has 0 aromatic carbocycles. The molecule has 1 atom stereocenters. The Morgan fingerprint density at radius 2 is 2.19 bits per heavy atom. The van der Waals surface area contributed by atoms with Crippen molar-refractivity contribution in [2.75, 3.05) is 19.6 Å². The van der Waals surface area contributed by atoms with Gasteiger partial charge in [0.15, 0.2) is 0 Å². The van der Waals surface area contributed by atoms with Gasteiger partial charge in [0.2, 0.25) is 11.8 Å². The lowest BCUT2D eigenvalue weighted by Crippen LogP contribution is -2.48. The molecule has 1 unspecified atom stereocenters. The highest BCUT2D eigenvalue weighted by molar-refractivity contribution is 5.85. The molecule has 1 saturated heterocycles. The lowest BCUT2D eigenvalue weighted by molar-refractivity contribution is -0.135. The van der Waals surface area contributed by atoms with Gasteiger partial charge in [-0.2, -0.15) is 0 Å². The number of hydrogen-bond acceptors (Lipinski definition) is 3. The topological polar surface area (TPSA) is 75.4 Å². The highest BCUT2D eigenvalue weighted by atomic mass is 16.2. The van der Waals surface area contributed by atoms with Crippen LogP contribution in [0.4, 0.5) is 0 Å². The van der Waals surface area contributed by atoms with Crippen molar-refractivity contribution in [3.8, 4) is 0 Å². The fraction of sp³-hybridized carbons (Fsp3) is 0.818. The van der Waals surface area contributed by atoms with Gasteiger partial charge in [0, 0.05) is 12.6 Å². The van der Waals surface area contributed by atoms with Gasteiger partial charge >= 0.3 is 0 Å². The van der Waals surface area contributed by atoms with E-state index >= 15 is 0 Å². The summed E-state index contributed by atoms with van der Waals surface area (Å²) in [6, 6.07) is 0.344. The minimum Gasteiger partial charge on any atom is -0.346 e. The molecule has 0 spiro atoms. The molecule has 3 N–H and O–H groups in total. The maximum atomic E-state index is 11.9. The van der Waals surface area contributed by atoms with Crippen molar-refractivity contribution in [3.63, 3.8) is 0 Å². The van der Waals surface area contributed by atoms with E-state index in [0.717, 1.165) is 25.8 Å². The first-order valence-electron chi connectivity index (χ1n) is 5.95. The Kier molecular flexibility index (Phi) is 5.25. The van der Waals surface area contributed by atoms with Crippen LogP contribution in [0.1, 0.15) is 32.6 Å².